The van der Waals surface area contributed by atoms with Gasteiger partial charge in [0.05, 0.1) is 18.9 Å². The van der Waals surface area contributed by atoms with Crippen LogP contribution in [0.25, 0.3) is 0 Å². The monoisotopic (exact) mass is 322 g/mol. The molecule has 1 atom stereocenters. The molecule has 0 fully saturated rings. The highest BCUT2D eigenvalue weighted by atomic mass is 19.1. The minimum Gasteiger partial charge on any atom is -0.497 e. The lowest BCUT2D eigenvalue weighted by atomic mass is 9.96. The SMILES string of the molecule is COc1ccc(C2=Nc3ncnn3C(c3ccc(F)cc3)C2)cc1. The molecule has 0 saturated carbocycles. The normalized spacial score (nSPS) is 16.4. The molecule has 1 aliphatic heterocycles. The third-order valence-electron chi connectivity index (χ3n) is 4.15. The minimum atomic E-state index is -0.252. The predicted octanol–water partition coefficient (Wildman–Crippen LogP) is 3.54. The maximum atomic E-state index is 13.2. The van der Waals surface area contributed by atoms with E-state index in [0.717, 1.165) is 22.6 Å². The van der Waals surface area contributed by atoms with Gasteiger partial charge < -0.3 is 4.74 Å². The molecule has 0 N–H and O–H groups in total. The summed E-state index contributed by atoms with van der Waals surface area (Å²) in [6, 6.07) is 14.2. The second-order valence-electron chi connectivity index (χ2n) is 5.56. The van der Waals surface area contributed by atoms with Gasteiger partial charge >= 0.3 is 0 Å². The lowest BCUT2D eigenvalue weighted by molar-refractivity contribution is 0.415. The van der Waals surface area contributed by atoms with Gasteiger partial charge in [0.1, 0.15) is 17.9 Å². The molecular formula is C18H15FN4O. The van der Waals surface area contributed by atoms with Crippen LogP contribution in [0.5, 0.6) is 5.75 Å². The smallest absolute Gasteiger partial charge is 0.248 e. The Kier molecular flexibility index (Phi) is 3.57. The standard InChI is InChI=1S/C18H15FN4O/c1-24-15-8-4-12(5-9-15)16-10-17(13-2-6-14(19)7-3-13)23-18(22-16)20-11-21-23/h2-9,11,17H,10H2,1H3. The Balaban J connectivity index is 1.74. The second-order valence-corrected chi connectivity index (χ2v) is 5.56. The summed E-state index contributed by atoms with van der Waals surface area (Å²) in [6.07, 6.45) is 2.15. The van der Waals surface area contributed by atoms with Crippen molar-refractivity contribution in [3.05, 3.63) is 71.8 Å². The predicted molar refractivity (Wildman–Crippen MR) is 88.4 cm³/mol. The van der Waals surface area contributed by atoms with Crippen molar-refractivity contribution in [2.24, 2.45) is 4.99 Å². The van der Waals surface area contributed by atoms with Crippen molar-refractivity contribution < 1.29 is 9.13 Å². The molecule has 120 valence electrons. The molecule has 0 radical (unpaired) electrons. The first kappa shape index (κ1) is 14.6. The van der Waals surface area contributed by atoms with E-state index in [2.05, 4.69) is 15.1 Å². The average molecular weight is 322 g/mol. The van der Waals surface area contributed by atoms with E-state index in [-0.39, 0.29) is 11.9 Å². The number of aromatic nitrogens is 3. The zero-order valence-corrected chi connectivity index (χ0v) is 13.1. The summed E-state index contributed by atoms with van der Waals surface area (Å²) in [6.45, 7) is 0. The lowest BCUT2D eigenvalue weighted by Crippen LogP contribution is -2.21. The maximum Gasteiger partial charge on any atom is 0.248 e. The van der Waals surface area contributed by atoms with Crippen LogP contribution >= 0.6 is 0 Å². The molecule has 0 aliphatic carbocycles. The number of benzene rings is 2. The van der Waals surface area contributed by atoms with Gasteiger partial charge in [-0.25, -0.2) is 14.1 Å². The van der Waals surface area contributed by atoms with Gasteiger partial charge in [-0.05, 0) is 47.5 Å². The van der Waals surface area contributed by atoms with Gasteiger partial charge in [-0.3, -0.25) is 0 Å². The van der Waals surface area contributed by atoms with E-state index < -0.39 is 0 Å². The van der Waals surface area contributed by atoms with Crippen molar-refractivity contribution in [3.63, 3.8) is 0 Å². The summed E-state index contributed by atoms with van der Waals surface area (Å²) in [5.74, 6) is 1.10. The first-order valence-electron chi connectivity index (χ1n) is 7.61. The zero-order valence-electron chi connectivity index (χ0n) is 13.1. The Bertz CT molecular complexity index is 884. The summed E-state index contributed by atoms with van der Waals surface area (Å²) in [4.78, 5) is 8.84. The van der Waals surface area contributed by atoms with E-state index >= 15 is 0 Å². The highest BCUT2D eigenvalue weighted by Gasteiger charge is 2.26. The Morgan fingerprint density at radius 3 is 2.54 bits per heavy atom. The third kappa shape index (κ3) is 2.56. The highest BCUT2D eigenvalue weighted by Crippen LogP contribution is 2.32. The first-order chi connectivity index (χ1) is 11.7. The summed E-state index contributed by atoms with van der Waals surface area (Å²) in [5.41, 5.74) is 2.91. The number of hydrogen-bond acceptors (Lipinski definition) is 4. The van der Waals surface area contributed by atoms with E-state index in [0.29, 0.717) is 12.4 Å². The number of rotatable bonds is 3. The van der Waals surface area contributed by atoms with Crippen molar-refractivity contribution in [3.8, 4) is 5.75 Å². The fourth-order valence-corrected chi connectivity index (χ4v) is 2.89. The lowest BCUT2D eigenvalue weighted by Gasteiger charge is -2.23. The van der Waals surface area contributed by atoms with E-state index in [1.807, 2.05) is 24.3 Å². The molecule has 0 amide bonds. The minimum absolute atomic E-state index is 0.0577. The summed E-state index contributed by atoms with van der Waals surface area (Å²) in [5, 5.41) is 4.28. The average Bonchev–Trinajstić information content (AvgIpc) is 3.10. The quantitative estimate of drug-likeness (QED) is 0.741. The van der Waals surface area contributed by atoms with Crippen LogP contribution in [-0.2, 0) is 0 Å². The van der Waals surface area contributed by atoms with Gasteiger partial charge in [0.2, 0.25) is 5.95 Å². The molecule has 2 heterocycles. The molecule has 4 rings (SSSR count). The van der Waals surface area contributed by atoms with E-state index in [1.54, 1.807) is 23.9 Å². The van der Waals surface area contributed by atoms with Crippen molar-refractivity contribution in [2.45, 2.75) is 12.5 Å². The van der Waals surface area contributed by atoms with Gasteiger partial charge in [-0.15, -0.1) is 0 Å². The summed E-state index contributed by atoms with van der Waals surface area (Å²) >= 11 is 0. The number of ether oxygens (including phenoxy) is 1. The number of nitrogens with zero attached hydrogens (tertiary/aromatic N) is 4. The Hall–Kier alpha value is -3.02. The van der Waals surface area contributed by atoms with Crippen LogP contribution in [0.4, 0.5) is 10.3 Å². The molecule has 1 aromatic heterocycles. The van der Waals surface area contributed by atoms with E-state index in [4.69, 9.17) is 4.74 Å². The van der Waals surface area contributed by atoms with Crippen LogP contribution in [-0.4, -0.2) is 27.6 Å². The molecule has 0 bridgehead atoms. The topological polar surface area (TPSA) is 52.3 Å². The van der Waals surface area contributed by atoms with Crippen molar-refractivity contribution in [1.82, 2.24) is 14.8 Å². The van der Waals surface area contributed by atoms with E-state index in [1.165, 1.54) is 18.5 Å². The van der Waals surface area contributed by atoms with Crippen LogP contribution in [0.15, 0.2) is 59.9 Å². The zero-order chi connectivity index (χ0) is 16.5. The molecule has 0 saturated heterocycles. The number of hydrogen-bond donors (Lipinski definition) is 0. The Morgan fingerprint density at radius 1 is 1.08 bits per heavy atom. The molecule has 2 aromatic carbocycles. The molecular weight excluding hydrogens is 307 g/mol. The summed E-state index contributed by atoms with van der Waals surface area (Å²) < 4.78 is 20.2. The number of halogens is 1. The number of fused-ring (bicyclic) bond motifs is 1. The van der Waals surface area contributed by atoms with Crippen LogP contribution in [0.3, 0.4) is 0 Å². The molecule has 0 spiro atoms. The van der Waals surface area contributed by atoms with Crippen LogP contribution in [0.2, 0.25) is 0 Å². The number of aliphatic imine (C=N–C) groups is 1. The molecule has 1 aliphatic rings. The fourth-order valence-electron chi connectivity index (χ4n) is 2.89. The molecule has 3 aromatic rings. The molecule has 24 heavy (non-hydrogen) atoms. The van der Waals surface area contributed by atoms with Gasteiger partial charge in [-0.2, -0.15) is 10.1 Å². The van der Waals surface area contributed by atoms with Gasteiger partial charge in [-0.1, -0.05) is 12.1 Å². The Morgan fingerprint density at radius 2 is 1.83 bits per heavy atom. The first-order valence-corrected chi connectivity index (χ1v) is 7.61. The van der Waals surface area contributed by atoms with Crippen LogP contribution in [0, 0.1) is 5.82 Å². The highest BCUT2D eigenvalue weighted by molar-refractivity contribution is 6.02. The molecule has 6 heteroatoms. The Labute approximate surface area is 138 Å². The van der Waals surface area contributed by atoms with Crippen molar-refractivity contribution in [1.29, 1.82) is 0 Å². The third-order valence-corrected chi connectivity index (χ3v) is 4.15. The van der Waals surface area contributed by atoms with Crippen molar-refractivity contribution >= 4 is 11.7 Å². The van der Waals surface area contributed by atoms with Crippen molar-refractivity contribution in [2.75, 3.05) is 7.11 Å². The van der Waals surface area contributed by atoms with Gasteiger partial charge in [0.25, 0.3) is 0 Å². The van der Waals surface area contributed by atoms with Crippen LogP contribution < -0.4 is 4.74 Å². The van der Waals surface area contributed by atoms with E-state index in [9.17, 15) is 4.39 Å². The maximum absolute atomic E-state index is 13.2. The fraction of sp³-hybridized carbons (Fsp3) is 0.167. The van der Waals surface area contributed by atoms with Crippen LogP contribution in [0.1, 0.15) is 23.6 Å². The molecule has 5 nitrogen and oxygen atoms in total. The van der Waals surface area contributed by atoms with Gasteiger partial charge in [0.15, 0.2) is 0 Å². The summed E-state index contributed by atoms with van der Waals surface area (Å²) in [7, 11) is 1.64. The largest absolute Gasteiger partial charge is 0.497 e. The molecule has 1 unspecified atom stereocenters. The van der Waals surface area contributed by atoms with Gasteiger partial charge in [0, 0.05) is 6.42 Å². The second kappa shape index (κ2) is 5.88. The number of methoxy groups -OCH3 is 1.